The molecule has 0 N–H and O–H groups in total. The van der Waals surface area contributed by atoms with Crippen molar-refractivity contribution in [2.45, 2.75) is 12.8 Å². The van der Waals surface area contributed by atoms with Gasteiger partial charge in [0.05, 0.1) is 19.1 Å². The van der Waals surface area contributed by atoms with Crippen molar-refractivity contribution in [2.24, 2.45) is 0 Å². The van der Waals surface area contributed by atoms with E-state index in [2.05, 4.69) is 0 Å². The average molecular weight is 376 g/mol. The van der Waals surface area contributed by atoms with Crippen molar-refractivity contribution in [2.75, 3.05) is 33.9 Å². The maximum atomic E-state index is 12.6. The first-order valence-corrected chi connectivity index (χ1v) is 9.09. The molecule has 26 heavy (non-hydrogen) atoms. The van der Waals surface area contributed by atoms with Crippen LogP contribution in [0.25, 0.3) is 6.08 Å². The van der Waals surface area contributed by atoms with Crippen LogP contribution in [0.15, 0.2) is 23.1 Å². The Bertz CT molecular complexity index is 749. The summed E-state index contributed by atoms with van der Waals surface area (Å²) in [4.78, 5) is 40.0. The third-order valence-electron chi connectivity index (χ3n) is 4.30. The normalized spacial score (nSPS) is 18.8. The molecule has 0 atom stereocenters. The molecule has 2 aliphatic rings. The summed E-state index contributed by atoms with van der Waals surface area (Å²) in [6.07, 6.45) is 3.53. The zero-order valence-corrected chi connectivity index (χ0v) is 15.5. The van der Waals surface area contributed by atoms with Gasteiger partial charge in [-0.25, -0.2) is 0 Å². The lowest BCUT2D eigenvalue weighted by molar-refractivity contribution is -0.135. The summed E-state index contributed by atoms with van der Waals surface area (Å²) in [6.45, 7) is 1.17. The Hall–Kier alpha value is -2.48. The molecule has 0 aromatic heterocycles. The maximum Gasteiger partial charge on any atom is 0.294 e. The topological polar surface area (TPSA) is 76.2 Å². The molecule has 3 amide bonds. The molecule has 138 valence electrons. The van der Waals surface area contributed by atoms with Gasteiger partial charge in [0.2, 0.25) is 5.91 Å². The van der Waals surface area contributed by atoms with Crippen LogP contribution in [-0.4, -0.2) is 60.7 Å². The Labute approximate surface area is 155 Å². The molecular weight excluding hydrogens is 356 g/mol. The van der Waals surface area contributed by atoms with Gasteiger partial charge in [-0.2, -0.15) is 0 Å². The van der Waals surface area contributed by atoms with Crippen molar-refractivity contribution in [1.82, 2.24) is 9.80 Å². The predicted octanol–water partition coefficient (Wildman–Crippen LogP) is 2.36. The van der Waals surface area contributed by atoms with Crippen molar-refractivity contribution in [3.05, 3.63) is 28.7 Å². The molecule has 0 saturated carbocycles. The van der Waals surface area contributed by atoms with E-state index in [4.69, 9.17) is 9.47 Å². The van der Waals surface area contributed by atoms with Gasteiger partial charge in [0.1, 0.15) is 18.0 Å². The molecule has 2 saturated heterocycles. The van der Waals surface area contributed by atoms with Gasteiger partial charge in [0, 0.05) is 19.2 Å². The summed E-state index contributed by atoms with van der Waals surface area (Å²) in [7, 11) is 3.08. The molecule has 7 nitrogen and oxygen atoms in total. The molecule has 2 fully saturated rings. The molecule has 3 rings (SSSR count). The number of benzene rings is 1. The number of carbonyl (C=O) groups is 3. The van der Waals surface area contributed by atoms with Gasteiger partial charge in [-0.3, -0.25) is 19.3 Å². The smallest absolute Gasteiger partial charge is 0.294 e. The highest BCUT2D eigenvalue weighted by molar-refractivity contribution is 8.18. The largest absolute Gasteiger partial charge is 0.497 e. The Kier molecular flexibility index (Phi) is 5.51. The molecule has 0 aliphatic carbocycles. The van der Waals surface area contributed by atoms with Crippen molar-refractivity contribution < 1.29 is 23.9 Å². The number of amides is 3. The Morgan fingerprint density at radius 3 is 2.31 bits per heavy atom. The van der Waals surface area contributed by atoms with Crippen LogP contribution < -0.4 is 9.47 Å². The molecule has 0 unspecified atom stereocenters. The van der Waals surface area contributed by atoms with Crippen LogP contribution >= 0.6 is 11.8 Å². The lowest BCUT2D eigenvalue weighted by Gasteiger charge is -2.18. The second-order valence-electron chi connectivity index (χ2n) is 6.00. The lowest BCUT2D eigenvalue weighted by atomic mass is 10.2. The summed E-state index contributed by atoms with van der Waals surface area (Å²) in [5.74, 6) is 0.529. The first-order valence-electron chi connectivity index (χ1n) is 8.28. The van der Waals surface area contributed by atoms with Gasteiger partial charge < -0.3 is 14.4 Å². The lowest BCUT2D eigenvalue weighted by Crippen LogP contribution is -2.40. The number of rotatable bonds is 5. The van der Waals surface area contributed by atoms with E-state index in [1.54, 1.807) is 29.2 Å². The third kappa shape index (κ3) is 3.85. The molecular formula is C18H20N2O5S. The third-order valence-corrected chi connectivity index (χ3v) is 5.20. The number of methoxy groups -OCH3 is 2. The highest BCUT2D eigenvalue weighted by Crippen LogP contribution is 2.33. The summed E-state index contributed by atoms with van der Waals surface area (Å²) in [5.41, 5.74) is 0.678. The van der Waals surface area contributed by atoms with E-state index in [-0.39, 0.29) is 17.4 Å². The van der Waals surface area contributed by atoms with Gasteiger partial charge in [-0.1, -0.05) is 0 Å². The van der Waals surface area contributed by atoms with Crippen LogP contribution in [0.1, 0.15) is 18.4 Å². The maximum absolute atomic E-state index is 12.6. The van der Waals surface area contributed by atoms with E-state index in [0.29, 0.717) is 30.2 Å². The van der Waals surface area contributed by atoms with Crippen molar-refractivity contribution >= 4 is 34.9 Å². The van der Waals surface area contributed by atoms with Gasteiger partial charge in [0.15, 0.2) is 0 Å². The summed E-state index contributed by atoms with van der Waals surface area (Å²) < 4.78 is 10.4. The minimum absolute atomic E-state index is 0.186. The summed E-state index contributed by atoms with van der Waals surface area (Å²) >= 11 is 0.834. The second-order valence-corrected chi connectivity index (χ2v) is 6.99. The predicted molar refractivity (Wildman–Crippen MR) is 98.0 cm³/mol. The van der Waals surface area contributed by atoms with Crippen LogP contribution in [0, 0.1) is 0 Å². The van der Waals surface area contributed by atoms with E-state index in [1.807, 2.05) is 0 Å². The van der Waals surface area contributed by atoms with E-state index in [0.717, 1.165) is 29.5 Å². The Morgan fingerprint density at radius 1 is 1.12 bits per heavy atom. The SMILES string of the molecule is COc1cc(/C=C2/SC(=O)N(CC(=O)N3CCCC3)C2=O)cc(OC)c1. The first kappa shape index (κ1) is 18.3. The number of thioether (sulfide) groups is 1. The van der Waals surface area contributed by atoms with Crippen LogP contribution in [0.4, 0.5) is 4.79 Å². The number of likely N-dealkylation sites (tertiary alicyclic amines) is 1. The van der Waals surface area contributed by atoms with Crippen LogP contribution in [0.2, 0.25) is 0 Å². The van der Waals surface area contributed by atoms with Crippen LogP contribution in [0.3, 0.4) is 0 Å². The molecule has 0 bridgehead atoms. The highest BCUT2D eigenvalue weighted by Gasteiger charge is 2.37. The Balaban J connectivity index is 1.77. The van der Waals surface area contributed by atoms with Gasteiger partial charge in [0.25, 0.3) is 11.1 Å². The molecule has 2 aliphatic heterocycles. The highest BCUT2D eigenvalue weighted by atomic mass is 32.2. The fourth-order valence-corrected chi connectivity index (χ4v) is 3.74. The van der Waals surface area contributed by atoms with E-state index in [9.17, 15) is 14.4 Å². The van der Waals surface area contributed by atoms with Crippen LogP contribution in [-0.2, 0) is 9.59 Å². The van der Waals surface area contributed by atoms with E-state index < -0.39 is 11.1 Å². The monoisotopic (exact) mass is 376 g/mol. The molecule has 2 heterocycles. The first-order chi connectivity index (χ1) is 12.5. The quantitative estimate of drug-likeness (QED) is 0.735. The molecule has 0 radical (unpaired) electrons. The minimum atomic E-state index is -0.450. The zero-order chi connectivity index (χ0) is 18.7. The number of ether oxygens (including phenoxy) is 2. The summed E-state index contributed by atoms with van der Waals surface area (Å²) in [5, 5.41) is -0.427. The number of carbonyl (C=O) groups excluding carboxylic acids is 3. The van der Waals surface area contributed by atoms with Gasteiger partial charge in [-0.05, 0) is 48.4 Å². The van der Waals surface area contributed by atoms with E-state index in [1.165, 1.54) is 14.2 Å². The minimum Gasteiger partial charge on any atom is -0.497 e. The molecule has 8 heteroatoms. The fraction of sp³-hybridized carbons (Fsp3) is 0.389. The van der Waals surface area contributed by atoms with Crippen molar-refractivity contribution in [3.8, 4) is 11.5 Å². The van der Waals surface area contributed by atoms with E-state index >= 15 is 0 Å². The molecule has 1 aromatic carbocycles. The number of hydrogen-bond donors (Lipinski definition) is 0. The fourth-order valence-electron chi connectivity index (χ4n) is 2.90. The second kappa shape index (κ2) is 7.82. The van der Waals surface area contributed by atoms with Gasteiger partial charge >= 0.3 is 0 Å². The van der Waals surface area contributed by atoms with Crippen molar-refractivity contribution in [1.29, 1.82) is 0 Å². The van der Waals surface area contributed by atoms with Crippen LogP contribution in [0.5, 0.6) is 11.5 Å². The zero-order valence-electron chi connectivity index (χ0n) is 14.7. The number of imide groups is 1. The number of hydrogen-bond acceptors (Lipinski definition) is 6. The standard InChI is InChI=1S/C18H20N2O5S/c1-24-13-7-12(8-14(10-13)25-2)9-15-17(22)20(18(23)26-15)11-16(21)19-5-3-4-6-19/h7-10H,3-6,11H2,1-2H3/b15-9+. The van der Waals surface area contributed by atoms with Crippen molar-refractivity contribution in [3.63, 3.8) is 0 Å². The average Bonchev–Trinajstić information content (AvgIpc) is 3.26. The Morgan fingerprint density at radius 2 is 1.73 bits per heavy atom. The summed E-state index contributed by atoms with van der Waals surface area (Å²) in [6, 6.07) is 5.20. The molecule has 1 aromatic rings. The van der Waals surface area contributed by atoms with Gasteiger partial charge in [-0.15, -0.1) is 0 Å². The molecule has 0 spiro atoms. The number of nitrogens with zero attached hydrogens (tertiary/aromatic N) is 2.